The summed E-state index contributed by atoms with van der Waals surface area (Å²) < 4.78 is 11.8. The van der Waals surface area contributed by atoms with E-state index in [1.165, 1.54) is 0 Å². The van der Waals surface area contributed by atoms with Crippen LogP contribution in [0.5, 0.6) is 11.5 Å². The summed E-state index contributed by atoms with van der Waals surface area (Å²) in [5, 5.41) is 4.25. The molecule has 0 spiro atoms. The van der Waals surface area contributed by atoms with Crippen LogP contribution >= 0.6 is 12.2 Å². The van der Waals surface area contributed by atoms with Crippen LogP contribution in [0.3, 0.4) is 0 Å². The summed E-state index contributed by atoms with van der Waals surface area (Å²) in [6, 6.07) is 6.22. The SMILES string of the molecule is CCCCN1C(=S)NC2CC1(C)Oc1c(OC)cccc12. The second-order valence-corrected chi connectivity index (χ2v) is 6.25. The number of nitrogens with one attached hydrogen (secondary N) is 1. The van der Waals surface area contributed by atoms with Gasteiger partial charge in [0.15, 0.2) is 22.3 Å². The molecule has 21 heavy (non-hydrogen) atoms. The van der Waals surface area contributed by atoms with Crippen molar-refractivity contribution in [2.24, 2.45) is 0 Å². The fourth-order valence-corrected chi connectivity index (χ4v) is 3.64. The van der Waals surface area contributed by atoms with Crippen LogP contribution in [0, 0.1) is 0 Å². The van der Waals surface area contributed by atoms with Crippen LogP contribution in [0.4, 0.5) is 0 Å². The fraction of sp³-hybridized carbons (Fsp3) is 0.562. The van der Waals surface area contributed by atoms with Gasteiger partial charge in [-0.1, -0.05) is 25.5 Å². The zero-order valence-corrected chi connectivity index (χ0v) is 13.6. The number of nitrogens with zero attached hydrogens (tertiary/aromatic N) is 1. The van der Waals surface area contributed by atoms with E-state index in [4.69, 9.17) is 21.7 Å². The number of fused-ring (bicyclic) bond motifs is 4. The highest BCUT2D eigenvalue weighted by molar-refractivity contribution is 7.80. The van der Waals surface area contributed by atoms with Crippen molar-refractivity contribution in [1.82, 2.24) is 10.2 Å². The summed E-state index contributed by atoms with van der Waals surface area (Å²) in [5.74, 6) is 1.63. The lowest BCUT2D eigenvalue weighted by Crippen LogP contribution is -2.64. The van der Waals surface area contributed by atoms with E-state index >= 15 is 0 Å². The van der Waals surface area contributed by atoms with Crippen LogP contribution in [-0.4, -0.2) is 29.4 Å². The molecule has 2 bridgehead atoms. The minimum atomic E-state index is -0.399. The second kappa shape index (κ2) is 5.37. The quantitative estimate of drug-likeness (QED) is 0.864. The Morgan fingerprint density at radius 1 is 1.52 bits per heavy atom. The molecule has 0 saturated carbocycles. The van der Waals surface area contributed by atoms with Crippen LogP contribution in [-0.2, 0) is 0 Å². The number of methoxy groups -OCH3 is 1. The Labute approximate surface area is 131 Å². The van der Waals surface area contributed by atoms with Gasteiger partial charge in [0.25, 0.3) is 0 Å². The van der Waals surface area contributed by atoms with Crippen molar-refractivity contribution in [1.29, 1.82) is 0 Å². The predicted octanol–water partition coefficient (Wildman–Crippen LogP) is 3.23. The maximum Gasteiger partial charge on any atom is 0.184 e. The third-order valence-corrected chi connectivity index (χ3v) is 4.70. The third kappa shape index (κ3) is 2.33. The van der Waals surface area contributed by atoms with E-state index < -0.39 is 5.72 Å². The summed E-state index contributed by atoms with van der Waals surface area (Å²) in [6.07, 6.45) is 3.12. The van der Waals surface area contributed by atoms with Gasteiger partial charge in [-0.25, -0.2) is 0 Å². The molecular weight excluding hydrogens is 284 g/mol. The first-order valence-electron chi connectivity index (χ1n) is 7.53. The normalized spacial score (nSPS) is 26.7. The maximum atomic E-state index is 6.37. The summed E-state index contributed by atoms with van der Waals surface area (Å²) in [5.41, 5.74) is 0.730. The Morgan fingerprint density at radius 3 is 3.05 bits per heavy atom. The number of hydrogen-bond donors (Lipinski definition) is 1. The highest BCUT2D eigenvalue weighted by Gasteiger charge is 2.47. The van der Waals surface area contributed by atoms with Crippen molar-refractivity contribution in [3.8, 4) is 11.5 Å². The first-order valence-corrected chi connectivity index (χ1v) is 7.94. The van der Waals surface area contributed by atoms with E-state index in [0.29, 0.717) is 0 Å². The zero-order valence-electron chi connectivity index (χ0n) is 12.8. The van der Waals surface area contributed by atoms with Crippen molar-refractivity contribution in [3.05, 3.63) is 23.8 Å². The van der Waals surface area contributed by atoms with Crippen molar-refractivity contribution < 1.29 is 9.47 Å². The van der Waals surface area contributed by atoms with Crippen LogP contribution in [0.25, 0.3) is 0 Å². The number of unbranched alkanes of at least 4 members (excludes halogenated alkanes) is 1. The van der Waals surface area contributed by atoms with E-state index in [-0.39, 0.29) is 6.04 Å². The molecule has 3 rings (SSSR count). The van der Waals surface area contributed by atoms with Gasteiger partial charge in [0.2, 0.25) is 0 Å². The smallest absolute Gasteiger partial charge is 0.184 e. The average Bonchev–Trinajstić information content (AvgIpc) is 2.46. The minimum Gasteiger partial charge on any atom is -0.493 e. The summed E-state index contributed by atoms with van der Waals surface area (Å²) >= 11 is 5.56. The van der Waals surface area contributed by atoms with Gasteiger partial charge in [-0.2, -0.15) is 0 Å². The van der Waals surface area contributed by atoms with Gasteiger partial charge in [-0.05, 0) is 31.6 Å². The number of benzene rings is 1. The predicted molar refractivity (Wildman–Crippen MR) is 86.7 cm³/mol. The molecule has 0 radical (unpaired) electrons. The lowest BCUT2D eigenvalue weighted by atomic mass is 9.90. The van der Waals surface area contributed by atoms with E-state index in [1.807, 2.05) is 12.1 Å². The topological polar surface area (TPSA) is 33.7 Å². The molecule has 2 aliphatic rings. The molecule has 2 heterocycles. The number of para-hydroxylation sites is 1. The molecule has 0 amide bonds. The Morgan fingerprint density at radius 2 is 2.33 bits per heavy atom. The van der Waals surface area contributed by atoms with Crippen LogP contribution in [0.1, 0.15) is 44.7 Å². The molecule has 1 fully saturated rings. The molecule has 5 heteroatoms. The molecule has 0 aromatic heterocycles. The molecule has 0 aliphatic carbocycles. The van der Waals surface area contributed by atoms with Gasteiger partial charge in [0, 0.05) is 18.5 Å². The lowest BCUT2D eigenvalue weighted by molar-refractivity contribution is -0.0699. The molecule has 4 nitrogen and oxygen atoms in total. The van der Waals surface area contributed by atoms with Gasteiger partial charge in [0.05, 0.1) is 13.2 Å². The standard InChI is InChI=1S/C16H22N2O2S/c1-4-5-9-18-15(21)17-12-10-16(18,2)20-14-11(12)7-6-8-13(14)19-3/h6-8,12H,4-5,9-10H2,1-3H3,(H,17,21). The number of thiocarbonyl (C=S) groups is 1. The number of rotatable bonds is 4. The van der Waals surface area contributed by atoms with E-state index in [2.05, 4.69) is 30.1 Å². The van der Waals surface area contributed by atoms with Crippen molar-refractivity contribution in [3.63, 3.8) is 0 Å². The zero-order chi connectivity index (χ0) is 15.0. The Balaban J connectivity index is 1.99. The Kier molecular flexibility index (Phi) is 3.69. The molecule has 2 aliphatic heterocycles. The van der Waals surface area contributed by atoms with Crippen LogP contribution in [0.15, 0.2) is 18.2 Å². The van der Waals surface area contributed by atoms with Crippen molar-refractivity contribution in [2.45, 2.75) is 44.9 Å². The fourth-order valence-electron chi connectivity index (χ4n) is 3.22. The third-order valence-electron chi connectivity index (χ3n) is 4.36. The van der Waals surface area contributed by atoms with Gasteiger partial charge >= 0.3 is 0 Å². The van der Waals surface area contributed by atoms with E-state index in [1.54, 1.807) is 7.11 Å². The molecule has 1 saturated heterocycles. The largest absolute Gasteiger partial charge is 0.493 e. The molecule has 1 aromatic carbocycles. The molecule has 2 unspecified atom stereocenters. The number of hydrogen-bond acceptors (Lipinski definition) is 3. The Hall–Kier alpha value is -1.49. The summed E-state index contributed by atoms with van der Waals surface area (Å²) in [7, 11) is 1.68. The minimum absolute atomic E-state index is 0.194. The monoisotopic (exact) mass is 306 g/mol. The van der Waals surface area contributed by atoms with E-state index in [0.717, 1.165) is 48.0 Å². The lowest BCUT2D eigenvalue weighted by Gasteiger charge is -2.52. The second-order valence-electron chi connectivity index (χ2n) is 5.87. The summed E-state index contributed by atoms with van der Waals surface area (Å²) in [4.78, 5) is 2.18. The average molecular weight is 306 g/mol. The van der Waals surface area contributed by atoms with Crippen molar-refractivity contribution in [2.75, 3.05) is 13.7 Å². The first-order chi connectivity index (χ1) is 10.1. The molecule has 114 valence electrons. The van der Waals surface area contributed by atoms with E-state index in [9.17, 15) is 0 Å². The molecule has 2 atom stereocenters. The molecule has 1 aromatic rings. The van der Waals surface area contributed by atoms with Gasteiger partial charge in [-0.15, -0.1) is 0 Å². The van der Waals surface area contributed by atoms with Gasteiger partial charge in [-0.3, -0.25) is 0 Å². The van der Waals surface area contributed by atoms with Crippen LogP contribution < -0.4 is 14.8 Å². The summed E-state index contributed by atoms with van der Waals surface area (Å²) in [6.45, 7) is 5.22. The molecule has 1 N–H and O–H groups in total. The number of ether oxygens (including phenoxy) is 2. The van der Waals surface area contributed by atoms with Crippen LogP contribution in [0.2, 0.25) is 0 Å². The highest BCUT2D eigenvalue weighted by atomic mass is 32.1. The van der Waals surface area contributed by atoms with Crippen molar-refractivity contribution >= 4 is 17.3 Å². The Bertz CT molecular complexity index is 563. The first kappa shape index (κ1) is 14.4. The van der Waals surface area contributed by atoms with Gasteiger partial charge in [0.1, 0.15) is 0 Å². The van der Waals surface area contributed by atoms with Gasteiger partial charge < -0.3 is 19.7 Å². The maximum absolute atomic E-state index is 6.37. The highest BCUT2D eigenvalue weighted by Crippen LogP contribution is 2.47. The molecular formula is C16H22N2O2S.